The van der Waals surface area contributed by atoms with Gasteiger partial charge in [0.05, 0.1) is 11.3 Å². The van der Waals surface area contributed by atoms with Gasteiger partial charge in [0.15, 0.2) is 0 Å². The van der Waals surface area contributed by atoms with Crippen molar-refractivity contribution in [1.82, 2.24) is 0 Å². The molecule has 0 fully saturated rings. The number of anilines is 1. The minimum absolute atomic E-state index is 0.244. The molecule has 0 saturated heterocycles. The molecule has 2 aromatic carbocycles. The molecule has 0 bridgehead atoms. The smallest absolute Gasteiger partial charge is 0.250 e. The molecule has 0 atom stereocenters. The summed E-state index contributed by atoms with van der Waals surface area (Å²) >= 11 is 3.29. The molecule has 0 heterocycles. The quantitative estimate of drug-likeness (QED) is 0.745. The summed E-state index contributed by atoms with van der Waals surface area (Å²) < 4.78 is 0.586. The van der Waals surface area contributed by atoms with Crippen LogP contribution < -0.4 is 17.2 Å². The van der Waals surface area contributed by atoms with Crippen molar-refractivity contribution >= 4 is 33.4 Å². The maximum Gasteiger partial charge on any atom is 0.250 e. The Kier molecular flexibility index (Phi) is 3.76. The van der Waals surface area contributed by atoms with Crippen LogP contribution in [0, 0.1) is 0 Å². The number of halogens is 1. The van der Waals surface area contributed by atoms with Crippen molar-refractivity contribution in [2.45, 2.75) is 0 Å². The first-order chi connectivity index (χ1) is 9.40. The van der Waals surface area contributed by atoms with Crippen LogP contribution in [0.15, 0.2) is 40.9 Å². The molecular formula is C14H12BrN3O2. The molecule has 2 amide bonds. The van der Waals surface area contributed by atoms with E-state index < -0.39 is 11.8 Å². The minimum Gasteiger partial charge on any atom is -0.397 e. The fourth-order valence-corrected chi connectivity index (χ4v) is 2.28. The summed E-state index contributed by atoms with van der Waals surface area (Å²) in [5.41, 5.74) is 18.8. The number of amides is 2. The van der Waals surface area contributed by atoms with Gasteiger partial charge in [0, 0.05) is 10.0 Å². The summed E-state index contributed by atoms with van der Waals surface area (Å²) in [5.74, 6) is -1.09. The van der Waals surface area contributed by atoms with E-state index in [2.05, 4.69) is 15.9 Å². The maximum atomic E-state index is 11.4. The summed E-state index contributed by atoms with van der Waals surface area (Å²) in [5, 5.41) is 0. The highest BCUT2D eigenvalue weighted by Gasteiger charge is 2.12. The zero-order valence-corrected chi connectivity index (χ0v) is 12.0. The van der Waals surface area contributed by atoms with Gasteiger partial charge >= 0.3 is 0 Å². The van der Waals surface area contributed by atoms with Crippen LogP contribution in [0.2, 0.25) is 0 Å². The zero-order chi connectivity index (χ0) is 14.9. The standard InChI is InChI=1S/C14H12BrN3O2/c15-11-6-9(5-10(12(11)16)14(18)20)7-1-3-8(4-2-7)13(17)19/h1-6H,16H2,(H2,17,19)(H2,18,20). The van der Waals surface area contributed by atoms with Crippen molar-refractivity contribution in [1.29, 1.82) is 0 Å². The molecule has 0 unspecified atom stereocenters. The molecule has 20 heavy (non-hydrogen) atoms. The Hall–Kier alpha value is -2.34. The van der Waals surface area contributed by atoms with Gasteiger partial charge in [-0.3, -0.25) is 9.59 Å². The van der Waals surface area contributed by atoms with E-state index in [1.807, 2.05) is 0 Å². The van der Waals surface area contributed by atoms with Crippen molar-refractivity contribution in [3.63, 3.8) is 0 Å². The summed E-state index contributed by atoms with van der Waals surface area (Å²) in [6, 6.07) is 10.1. The molecule has 2 rings (SSSR count). The molecule has 102 valence electrons. The Morgan fingerprint density at radius 3 is 2.00 bits per heavy atom. The summed E-state index contributed by atoms with van der Waals surface area (Å²) in [4.78, 5) is 22.4. The third-order valence-corrected chi connectivity index (χ3v) is 3.55. The van der Waals surface area contributed by atoms with Gasteiger partial charge in [-0.15, -0.1) is 0 Å². The molecule has 0 aromatic heterocycles. The van der Waals surface area contributed by atoms with E-state index >= 15 is 0 Å². The van der Waals surface area contributed by atoms with Crippen LogP contribution in [0.25, 0.3) is 11.1 Å². The normalized spacial score (nSPS) is 10.2. The predicted octanol–water partition coefficient (Wildman–Crippen LogP) is 1.90. The molecule has 0 aliphatic heterocycles. The molecule has 6 heteroatoms. The SMILES string of the molecule is NC(=O)c1ccc(-c2cc(Br)c(N)c(C(N)=O)c2)cc1. The monoisotopic (exact) mass is 333 g/mol. The van der Waals surface area contributed by atoms with E-state index in [1.54, 1.807) is 36.4 Å². The largest absolute Gasteiger partial charge is 0.397 e. The topological polar surface area (TPSA) is 112 Å². The van der Waals surface area contributed by atoms with Gasteiger partial charge in [0.25, 0.3) is 5.91 Å². The van der Waals surface area contributed by atoms with Crippen LogP contribution >= 0.6 is 15.9 Å². The van der Waals surface area contributed by atoms with Crippen LogP contribution in [0.4, 0.5) is 5.69 Å². The molecule has 2 aromatic rings. The summed E-state index contributed by atoms with van der Waals surface area (Å²) in [7, 11) is 0. The first-order valence-electron chi connectivity index (χ1n) is 5.69. The maximum absolute atomic E-state index is 11.4. The number of benzene rings is 2. The number of hydrogen-bond donors (Lipinski definition) is 3. The molecule has 0 aliphatic carbocycles. The first kappa shape index (κ1) is 14.1. The van der Waals surface area contributed by atoms with Crippen LogP contribution in [-0.4, -0.2) is 11.8 Å². The molecule has 0 aliphatic rings. The van der Waals surface area contributed by atoms with Crippen LogP contribution in [-0.2, 0) is 0 Å². The van der Waals surface area contributed by atoms with E-state index in [4.69, 9.17) is 17.2 Å². The number of primary amides is 2. The average Bonchev–Trinajstić information content (AvgIpc) is 2.41. The number of carbonyl (C=O) groups is 2. The molecule has 5 nitrogen and oxygen atoms in total. The zero-order valence-electron chi connectivity index (χ0n) is 10.4. The lowest BCUT2D eigenvalue weighted by Gasteiger charge is -2.09. The lowest BCUT2D eigenvalue weighted by molar-refractivity contribution is 0.0992. The van der Waals surface area contributed by atoms with Crippen LogP contribution in [0.3, 0.4) is 0 Å². The second-order valence-corrected chi connectivity index (χ2v) is 5.08. The molecule has 0 spiro atoms. The lowest BCUT2D eigenvalue weighted by atomic mass is 10.0. The van der Waals surface area contributed by atoms with Crippen molar-refractivity contribution < 1.29 is 9.59 Å². The van der Waals surface area contributed by atoms with Crippen molar-refractivity contribution in [3.05, 3.63) is 52.0 Å². The van der Waals surface area contributed by atoms with Crippen molar-refractivity contribution in [3.8, 4) is 11.1 Å². The Morgan fingerprint density at radius 2 is 1.50 bits per heavy atom. The fraction of sp³-hybridized carbons (Fsp3) is 0. The second-order valence-electron chi connectivity index (χ2n) is 4.23. The van der Waals surface area contributed by atoms with Gasteiger partial charge in [-0.1, -0.05) is 12.1 Å². The minimum atomic E-state index is -0.598. The molecule has 0 saturated carbocycles. The van der Waals surface area contributed by atoms with E-state index in [0.29, 0.717) is 15.7 Å². The van der Waals surface area contributed by atoms with E-state index in [9.17, 15) is 9.59 Å². The van der Waals surface area contributed by atoms with Gasteiger partial charge < -0.3 is 17.2 Å². The van der Waals surface area contributed by atoms with Gasteiger partial charge in [0.2, 0.25) is 5.91 Å². The highest BCUT2D eigenvalue weighted by Crippen LogP contribution is 2.30. The van der Waals surface area contributed by atoms with Gasteiger partial charge in [0.1, 0.15) is 0 Å². The molecule has 6 N–H and O–H groups in total. The van der Waals surface area contributed by atoms with Crippen LogP contribution in [0.1, 0.15) is 20.7 Å². The summed E-state index contributed by atoms with van der Waals surface area (Å²) in [6.45, 7) is 0. The number of nitrogen functional groups attached to an aromatic ring is 1. The number of carbonyl (C=O) groups excluding carboxylic acids is 2. The van der Waals surface area contributed by atoms with Gasteiger partial charge in [-0.2, -0.15) is 0 Å². The van der Waals surface area contributed by atoms with E-state index in [0.717, 1.165) is 11.1 Å². The number of hydrogen-bond acceptors (Lipinski definition) is 3. The Labute approximate surface area is 123 Å². The Bertz CT molecular complexity index is 696. The highest BCUT2D eigenvalue weighted by molar-refractivity contribution is 9.10. The third-order valence-electron chi connectivity index (χ3n) is 2.90. The van der Waals surface area contributed by atoms with Crippen molar-refractivity contribution in [2.24, 2.45) is 11.5 Å². The second kappa shape index (κ2) is 5.34. The number of nitrogens with two attached hydrogens (primary N) is 3. The Morgan fingerprint density at radius 1 is 0.900 bits per heavy atom. The van der Waals surface area contributed by atoms with E-state index in [1.165, 1.54) is 0 Å². The van der Waals surface area contributed by atoms with Gasteiger partial charge in [-0.05, 0) is 51.3 Å². The first-order valence-corrected chi connectivity index (χ1v) is 6.48. The lowest BCUT2D eigenvalue weighted by Crippen LogP contribution is -2.14. The fourth-order valence-electron chi connectivity index (χ4n) is 1.82. The third kappa shape index (κ3) is 2.65. The predicted molar refractivity (Wildman–Crippen MR) is 81.0 cm³/mol. The van der Waals surface area contributed by atoms with E-state index in [-0.39, 0.29) is 5.56 Å². The van der Waals surface area contributed by atoms with Crippen molar-refractivity contribution in [2.75, 3.05) is 5.73 Å². The van der Waals surface area contributed by atoms with Gasteiger partial charge in [-0.25, -0.2) is 0 Å². The Balaban J connectivity index is 2.52. The molecular weight excluding hydrogens is 322 g/mol. The average molecular weight is 334 g/mol. The number of rotatable bonds is 3. The molecule has 0 radical (unpaired) electrons. The van der Waals surface area contributed by atoms with Crippen LogP contribution in [0.5, 0.6) is 0 Å². The highest BCUT2D eigenvalue weighted by atomic mass is 79.9. The summed E-state index contributed by atoms with van der Waals surface area (Å²) in [6.07, 6.45) is 0.